The number of hydrogen-bond donors (Lipinski definition) is 4. The first kappa shape index (κ1) is 30.1. The zero-order valence-electron chi connectivity index (χ0n) is 20.1. The van der Waals surface area contributed by atoms with Crippen LogP contribution in [0.3, 0.4) is 0 Å². The molecule has 0 aromatic carbocycles. The van der Waals surface area contributed by atoms with Gasteiger partial charge >= 0.3 is 37.7 Å². The third kappa shape index (κ3) is 7.24. The molecule has 4 aliphatic rings. The fourth-order valence-corrected chi connectivity index (χ4v) is 6.63. The van der Waals surface area contributed by atoms with Crippen LogP contribution >= 0.6 is 0 Å². The van der Waals surface area contributed by atoms with Crippen LogP contribution in [0.2, 0.25) is 0 Å². The fourth-order valence-electron chi connectivity index (χ4n) is 6.63. The molecule has 4 fully saturated rings. The molecule has 0 bridgehead atoms. The first-order valence-electron chi connectivity index (χ1n) is 12.5. The van der Waals surface area contributed by atoms with Gasteiger partial charge in [0, 0.05) is 6.42 Å². The first-order chi connectivity index (χ1) is 15.7. The molecule has 0 saturated heterocycles. The number of fused-ring (bicyclic) bond motifs is 1. The van der Waals surface area contributed by atoms with Crippen molar-refractivity contribution in [2.45, 2.75) is 89.9 Å². The monoisotopic (exact) mass is 517 g/mol. The van der Waals surface area contributed by atoms with E-state index in [4.69, 9.17) is 8.99 Å². The number of aliphatic hydroxyl groups is 3. The summed E-state index contributed by atoms with van der Waals surface area (Å²) in [6.07, 6.45) is 16.9. The van der Waals surface area contributed by atoms with Crippen LogP contribution in [-0.4, -0.2) is 75.6 Å². The summed E-state index contributed by atoms with van der Waals surface area (Å²) in [6.45, 7) is 8.88. The van der Waals surface area contributed by atoms with E-state index < -0.39 is 12.2 Å². The van der Waals surface area contributed by atoms with E-state index in [2.05, 4.69) is 44.7 Å². The van der Waals surface area contributed by atoms with Gasteiger partial charge in [-0.05, 0) is 91.6 Å². The van der Waals surface area contributed by atoms with Gasteiger partial charge in [0.2, 0.25) is 0 Å². The summed E-state index contributed by atoms with van der Waals surface area (Å²) in [5.74, 6) is 2.28. The Morgan fingerprint density at radius 2 is 1.85 bits per heavy atom. The van der Waals surface area contributed by atoms with Crippen molar-refractivity contribution in [1.29, 1.82) is 4.78 Å². The van der Waals surface area contributed by atoms with Gasteiger partial charge in [0.05, 0.1) is 18.3 Å². The molecule has 0 amide bonds. The van der Waals surface area contributed by atoms with Crippen molar-refractivity contribution in [2.24, 2.45) is 29.1 Å². The van der Waals surface area contributed by atoms with Gasteiger partial charge in [-0.15, -0.1) is 0 Å². The molecule has 0 aliphatic heterocycles. The molecule has 0 unspecified atom stereocenters. The van der Waals surface area contributed by atoms with Crippen molar-refractivity contribution in [3.8, 4) is 0 Å². The molecule has 0 aromatic heterocycles. The molecule has 7 atom stereocenters. The van der Waals surface area contributed by atoms with Crippen LogP contribution in [-0.2, 0) is 11.5 Å². The van der Waals surface area contributed by atoms with Crippen LogP contribution < -0.4 is 0 Å². The maximum atomic E-state index is 10.2. The van der Waals surface area contributed by atoms with Crippen LogP contribution in [0, 0.1) is 33.9 Å². The minimum absolute atomic E-state index is 0. The number of nitrogens with one attached hydrogen (secondary N) is 1. The van der Waals surface area contributed by atoms with Gasteiger partial charge in [0.25, 0.3) is 0 Å². The molecular formula is C27H43CaNO4S. The summed E-state index contributed by atoms with van der Waals surface area (Å²) in [5.41, 5.74) is 3.63. The normalized spacial score (nSPS) is 37.5. The van der Waals surface area contributed by atoms with Gasteiger partial charge in [-0.2, -0.15) is 4.21 Å². The van der Waals surface area contributed by atoms with E-state index in [1.807, 2.05) is 0 Å². The first-order valence-corrected chi connectivity index (χ1v) is 13.2. The predicted octanol–water partition coefficient (Wildman–Crippen LogP) is 4.14. The summed E-state index contributed by atoms with van der Waals surface area (Å²) in [7, 11) is 0. The Labute approximate surface area is 238 Å². The Morgan fingerprint density at radius 1 is 1.18 bits per heavy atom. The third-order valence-corrected chi connectivity index (χ3v) is 8.65. The van der Waals surface area contributed by atoms with E-state index in [-0.39, 0.29) is 55.3 Å². The van der Waals surface area contributed by atoms with Gasteiger partial charge in [-0.3, -0.25) is 0 Å². The second kappa shape index (κ2) is 13.5. The van der Waals surface area contributed by atoms with Crippen molar-refractivity contribution in [2.75, 3.05) is 0 Å². The third-order valence-electron chi connectivity index (χ3n) is 8.65. The van der Waals surface area contributed by atoms with Crippen molar-refractivity contribution < 1.29 is 19.5 Å². The molecule has 5 nitrogen and oxygen atoms in total. The van der Waals surface area contributed by atoms with E-state index in [9.17, 15) is 15.3 Å². The summed E-state index contributed by atoms with van der Waals surface area (Å²) in [5, 5.41) is 30.4. The molecular weight excluding hydrogens is 474 g/mol. The van der Waals surface area contributed by atoms with Crippen LogP contribution in [0.4, 0.5) is 0 Å². The predicted molar refractivity (Wildman–Crippen MR) is 141 cm³/mol. The summed E-state index contributed by atoms with van der Waals surface area (Å²) in [6, 6.07) is 0. The van der Waals surface area contributed by atoms with E-state index in [1.165, 1.54) is 44.1 Å². The zero-order valence-corrected chi connectivity index (χ0v) is 20.9. The van der Waals surface area contributed by atoms with E-state index in [1.54, 1.807) is 0 Å². The van der Waals surface area contributed by atoms with Crippen LogP contribution in [0.15, 0.2) is 47.6 Å². The molecule has 34 heavy (non-hydrogen) atoms. The molecule has 4 N–H and O–H groups in total. The Bertz CT molecular complexity index is 846. The molecule has 0 spiro atoms. The van der Waals surface area contributed by atoms with Crippen molar-refractivity contribution in [3.63, 3.8) is 0 Å². The second-order valence-electron chi connectivity index (χ2n) is 10.8. The fraction of sp³-hybridized carbons (Fsp3) is 0.704. The van der Waals surface area contributed by atoms with Crippen molar-refractivity contribution in [3.05, 3.63) is 47.6 Å². The molecule has 4 saturated carbocycles. The van der Waals surface area contributed by atoms with Gasteiger partial charge in [0.1, 0.15) is 0 Å². The van der Waals surface area contributed by atoms with Gasteiger partial charge in [-0.25, -0.2) is 4.78 Å². The average Bonchev–Trinajstić information content (AvgIpc) is 3.55. The topological polar surface area (TPSA) is 102 Å². The molecule has 0 radical (unpaired) electrons. The van der Waals surface area contributed by atoms with E-state index in [0.717, 1.165) is 17.6 Å². The number of rotatable bonds is 5. The number of allylic oxidation sites excluding steroid dienone is 4. The molecule has 4 aliphatic carbocycles. The number of hydrogen-bond acceptors (Lipinski definition) is 5. The molecule has 7 heteroatoms. The Balaban J connectivity index is 0.000000970. The molecule has 4 rings (SSSR count). The maximum absolute atomic E-state index is 10.2. The standard InChI is InChI=1S/C27H40O3.Ca.HNOS.2H/c1-17(6-13-25(29)20-8-9-20)23-11-12-24-19(5-4-14-27(23,24)3)7-10-21-15-22(28)16-26(30)18(21)2;;1-3-2;;/h6-7,10,13,17,20,22-26,28-30H,2,4-5,8-9,11-12,14-16H2,1,3H3;;1H;;/b13-6+,19-7+,21-10-;;;;/t17-,22-,23-,24+,25-,26+,27-;;;;/m1..../s1. The van der Waals surface area contributed by atoms with Crippen LogP contribution in [0.5, 0.6) is 0 Å². The molecule has 188 valence electrons. The Hall–Kier alpha value is -0.0803. The van der Waals surface area contributed by atoms with Gasteiger partial charge < -0.3 is 15.3 Å². The second-order valence-corrected chi connectivity index (χ2v) is 11.0. The minimum atomic E-state index is -0.621. The quantitative estimate of drug-likeness (QED) is 0.325. The van der Waals surface area contributed by atoms with Gasteiger partial charge in [-0.1, -0.05) is 50.3 Å². The summed E-state index contributed by atoms with van der Waals surface area (Å²) < 4.78 is 14.1. The zero-order chi connectivity index (χ0) is 24.2. The van der Waals surface area contributed by atoms with E-state index in [0.29, 0.717) is 41.9 Å². The van der Waals surface area contributed by atoms with Crippen LogP contribution in [0.25, 0.3) is 0 Å². The Kier molecular flexibility index (Phi) is 11.9. The molecule has 0 aromatic rings. The van der Waals surface area contributed by atoms with Crippen LogP contribution in [0.1, 0.15) is 71.6 Å². The summed E-state index contributed by atoms with van der Waals surface area (Å²) in [4.78, 5) is 0. The Morgan fingerprint density at radius 3 is 2.50 bits per heavy atom. The number of aliphatic hydroxyl groups excluding tert-OH is 3. The van der Waals surface area contributed by atoms with E-state index >= 15 is 0 Å². The summed E-state index contributed by atoms with van der Waals surface area (Å²) >= 11 is -0.250. The SMILES string of the molecule is C=C1/C(=C\C=C2/CCC[C@]3(C)[C@@H]([C@H](C)/C=C/[C@@H](O)C4CC4)CC[C@@H]23)C[C@@H](O)C[C@@H]1O.N=S=O.[CaH2]. The van der Waals surface area contributed by atoms with Crippen molar-refractivity contribution >= 4 is 49.2 Å². The van der Waals surface area contributed by atoms with Gasteiger partial charge in [0.15, 0.2) is 11.5 Å². The average molecular weight is 518 g/mol. The molecule has 0 heterocycles. The van der Waals surface area contributed by atoms with Crippen molar-refractivity contribution in [1.82, 2.24) is 0 Å².